The molecular formula is C26H29FN2O. The molecule has 1 aromatic heterocycles. The molecule has 0 spiro atoms. The number of amides is 1. The zero-order chi connectivity index (χ0) is 20.5. The third kappa shape index (κ3) is 3.76. The second-order valence-corrected chi connectivity index (χ2v) is 8.94. The largest absolute Gasteiger partial charge is 0.343 e. The predicted molar refractivity (Wildman–Crippen MR) is 118 cm³/mol. The van der Waals surface area contributed by atoms with Crippen LogP contribution in [0.25, 0.3) is 10.9 Å². The molecule has 0 radical (unpaired) electrons. The van der Waals surface area contributed by atoms with Gasteiger partial charge in [-0.3, -0.25) is 4.79 Å². The van der Waals surface area contributed by atoms with Crippen molar-refractivity contribution in [2.24, 2.45) is 5.92 Å². The molecule has 2 fully saturated rings. The van der Waals surface area contributed by atoms with E-state index in [0.29, 0.717) is 18.4 Å². The third-order valence-corrected chi connectivity index (χ3v) is 7.01. The minimum absolute atomic E-state index is 0.191. The summed E-state index contributed by atoms with van der Waals surface area (Å²) < 4.78 is 15.9. The van der Waals surface area contributed by atoms with Crippen molar-refractivity contribution in [3.63, 3.8) is 0 Å². The molecule has 1 saturated heterocycles. The number of hydrogen-bond acceptors (Lipinski definition) is 1. The van der Waals surface area contributed by atoms with Crippen LogP contribution in [0, 0.1) is 11.7 Å². The normalized spacial score (nSPS) is 18.4. The second-order valence-electron chi connectivity index (χ2n) is 8.94. The average Bonchev–Trinajstić information content (AvgIpc) is 3.43. The Bertz CT molecular complexity index is 1040. The Morgan fingerprint density at radius 2 is 1.73 bits per heavy atom. The van der Waals surface area contributed by atoms with Crippen molar-refractivity contribution in [2.45, 2.75) is 51.0 Å². The molecule has 156 valence electrons. The Morgan fingerprint density at radius 3 is 2.50 bits per heavy atom. The van der Waals surface area contributed by atoms with Gasteiger partial charge in [-0.05, 0) is 60.9 Å². The van der Waals surface area contributed by atoms with E-state index >= 15 is 0 Å². The number of carbonyl (C=O) groups is 1. The van der Waals surface area contributed by atoms with Crippen LogP contribution in [0.1, 0.15) is 55.6 Å². The Hall–Kier alpha value is -2.62. The molecule has 2 aromatic carbocycles. The van der Waals surface area contributed by atoms with E-state index in [9.17, 15) is 9.18 Å². The van der Waals surface area contributed by atoms with Crippen molar-refractivity contribution in [3.8, 4) is 0 Å². The molecule has 1 saturated carbocycles. The first-order valence-electron chi connectivity index (χ1n) is 11.3. The fraction of sp³-hybridized carbons (Fsp3) is 0.423. The van der Waals surface area contributed by atoms with E-state index in [1.54, 1.807) is 12.1 Å². The molecule has 30 heavy (non-hydrogen) atoms. The number of para-hydroxylation sites is 1. The number of likely N-dealkylation sites (tertiary alicyclic amines) is 1. The molecule has 1 aliphatic carbocycles. The van der Waals surface area contributed by atoms with Crippen LogP contribution in [0.4, 0.5) is 4.39 Å². The molecule has 0 N–H and O–H groups in total. The van der Waals surface area contributed by atoms with Gasteiger partial charge in [-0.15, -0.1) is 0 Å². The summed E-state index contributed by atoms with van der Waals surface area (Å²) in [5, 5.41) is 1.29. The number of carbonyl (C=O) groups excluding carboxylic acids is 1. The van der Waals surface area contributed by atoms with E-state index in [1.165, 1.54) is 35.4 Å². The summed E-state index contributed by atoms with van der Waals surface area (Å²) in [6, 6.07) is 15.4. The highest BCUT2D eigenvalue weighted by Gasteiger charge is 2.31. The second kappa shape index (κ2) is 8.25. The van der Waals surface area contributed by atoms with Crippen molar-refractivity contribution in [1.29, 1.82) is 0 Å². The zero-order valence-corrected chi connectivity index (χ0v) is 17.4. The van der Waals surface area contributed by atoms with Crippen molar-refractivity contribution < 1.29 is 9.18 Å². The third-order valence-electron chi connectivity index (χ3n) is 7.01. The van der Waals surface area contributed by atoms with Gasteiger partial charge in [0.05, 0.1) is 0 Å². The first-order valence-corrected chi connectivity index (χ1v) is 11.3. The van der Waals surface area contributed by atoms with Gasteiger partial charge in [-0.1, -0.05) is 43.2 Å². The SMILES string of the molecule is O=C(C1CCCC1)N1CCC(c2cn(Cc3cccc(F)c3)c3ccccc23)CC1. The summed E-state index contributed by atoms with van der Waals surface area (Å²) in [5.41, 5.74) is 3.54. The molecule has 5 rings (SSSR count). The summed E-state index contributed by atoms with van der Waals surface area (Å²) in [6.07, 6.45) is 8.86. The molecule has 0 atom stereocenters. The van der Waals surface area contributed by atoms with Gasteiger partial charge in [-0.25, -0.2) is 4.39 Å². The van der Waals surface area contributed by atoms with Crippen LogP contribution in [-0.4, -0.2) is 28.5 Å². The van der Waals surface area contributed by atoms with E-state index in [0.717, 1.165) is 44.3 Å². The number of nitrogens with zero attached hydrogens (tertiary/aromatic N) is 2. The lowest BCUT2D eigenvalue weighted by molar-refractivity contribution is -0.136. The standard InChI is InChI=1S/C26H29FN2O/c27-22-9-5-6-19(16-22)17-29-18-24(23-10-3-4-11-25(23)29)20-12-14-28(15-13-20)26(30)21-7-1-2-8-21/h3-6,9-11,16,18,20-21H,1-2,7-8,12-15,17H2. The lowest BCUT2D eigenvalue weighted by atomic mass is 9.88. The Balaban J connectivity index is 1.35. The summed E-state index contributed by atoms with van der Waals surface area (Å²) in [5.74, 6) is 0.939. The van der Waals surface area contributed by atoms with Crippen LogP contribution in [0.2, 0.25) is 0 Å². The molecule has 0 bridgehead atoms. The molecule has 4 heteroatoms. The van der Waals surface area contributed by atoms with Crippen LogP contribution in [0.15, 0.2) is 54.7 Å². The van der Waals surface area contributed by atoms with E-state index in [4.69, 9.17) is 0 Å². The molecule has 2 heterocycles. The number of benzene rings is 2. The highest BCUT2D eigenvalue weighted by molar-refractivity contribution is 5.85. The molecular weight excluding hydrogens is 375 g/mol. The maximum absolute atomic E-state index is 13.7. The maximum atomic E-state index is 13.7. The predicted octanol–water partition coefficient (Wildman–Crippen LogP) is 5.72. The minimum atomic E-state index is -0.191. The van der Waals surface area contributed by atoms with Gasteiger partial charge >= 0.3 is 0 Å². The Labute approximate surface area is 177 Å². The quantitative estimate of drug-likeness (QED) is 0.545. The maximum Gasteiger partial charge on any atom is 0.225 e. The fourth-order valence-electron chi connectivity index (χ4n) is 5.41. The smallest absolute Gasteiger partial charge is 0.225 e. The fourth-order valence-corrected chi connectivity index (χ4v) is 5.41. The number of aromatic nitrogens is 1. The van der Waals surface area contributed by atoms with E-state index in [-0.39, 0.29) is 11.7 Å². The zero-order valence-electron chi connectivity index (χ0n) is 17.4. The van der Waals surface area contributed by atoms with E-state index in [2.05, 4.69) is 39.9 Å². The van der Waals surface area contributed by atoms with Crippen molar-refractivity contribution in [2.75, 3.05) is 13.1 Å². The van der Waals surface area contributed by atoms with Crippen LogP contribution in [0.3, 0.4) is 0 Å². The van der Waals surface area contributed by atoms with Crippen molar-refractivity contribution in [1.82, 2.24) is 9.47 Å². The Morgan fingerprint density at radius 1 is 0.967 bits per heavy atom. The van der Waals surface area contributed by atoms with Gasteiger partial charge in [0.2, 0.25) is 5.91 Å². The molecule has 1 aliphatic heterocycles. The number of halogens is 1. The summed E-state index contributed by atoms with van der Waals surface area (Å²) in [7, 11) is 0. The molecule has 1 amide bonds. The summed E-state index contributed by atoms with van der Waals surface area (Å²) in [4.78, 5) is 14.9. The van der Waals surface area contributed by atoms with Crippen LogP contribution in [0.5, 0.6) is 0 Å². The minimum Gasteiger partial charge on any atom is -0.343 e. The van der Waals surface area contributed by atoms with Crippen LogP contribution >= 0.6 is 0 Å². The van der Waals surface area contributed by atoms with Gasteiger partial charge in [0, 0.05) is 42.7 Å². The highest BCUT2D eigenvalue weighted by Crippen LogP contribution is 2.36. The average molecular weight is 405 g/mol. The summed E-state index contributed by atoms with van der Waals surface area (Å²) in [6.45, 7) is 2.39. The highest BCUT2D eigenvalue weighted by atomic mass is 19.1. The topological polar surface area (TPSA) is 25.2 Å². The molecule has 0 unspecified atom stereocenters. The van der Waals surface area contributed by atoms with E-state index < -0.39 is 0 Å². The summed E-state index contributed by atoms with van der Waals surface area (Å²) >= 11 is 0. The van der Waals surface area contributed by atoms with Gasteiger partial charge in [0.15, 0.2) is 0 Å². The molecule has 2 aliphatic rings. The lowest BCUT2D eigenvalue weighted by Crippen LogP contribution is -2.40. The monoisotopic (exact) mass is 404 g/mol. The van der Waals surface area contributed by atoms with Gasteiger partial charge < -0.3 is 9.47 Å². The van der Waals surface area contributed by atoms with Crippen LogP contribution < -0.4 is 0 Å². The first kappa shape index (κ1) is 19.3. The van der Waals surface area contributed by atoms with Crippen LogP contribution in [-0.2, 0) is 11.3 Å². The Kier molecular flexibility index (Phi) is 5.32. The van der Waals surface area contributed by atoms with Gasteiger partial charge in [0.25, 0.3) is 0 Å². The lowest BCUT2D eigenvalue weighted by Gasteiger charge is -2.33. The number of rotatable bonds is 4. The van der Waals surface area contributed by atoms with E-state index in [1.807, 2.05) is 6.07 Å². The molecule has 3 aromatic rings. The van der Waals surface area contributed by atoms with Crippen molar-refractivity contribution >= 4 is 16.8 Å². The van der Waals surface area contributed by atoms with Gasteiger partial charge in [0.1, 0.15) is 5.82 Å². The number of piperidine rings is 1. The van der Waals surface area contributed by atoms with Gasteiger partial charge in [-0.2, -0.15) is 0 Å². The number of fused-ring (bicyclic) bond motifs is 1. The number of hydrogen-bond donors (Lipinski definition) is 0. The van der Waals surface area contributed by atoms with Crippen molar-refractivity contribution in [3.05, 3.63) is 71.7 Å². The molecule has 3 nitrogen and oxygen atoms in total. The first-order chi connectivity index (χ1) is 14.7.